The molecule has 5 amide bonds. The van der Waals surface area contributed by atoms with Crippen molar-refractivity contribution in [2.75, 3.05) is 40.9 Å². The zero-order valence-corrected chi connectivity index (χ0v) is 23.4. The molecule has 0 aliphatic carbocycles. The third kappa shape index (κ3) is 5.56. The summed E-state index contributed by atoms with van der Waals surface area (Å²) in [5.41, 5.74) is -0.00978. The Morgan fingerprint density at radius 3 is 2.19 bits per heavy atom. The van der Waals surface area contributed by atoms with Crippen LogP contribution in [0.25, 0.3) is 0 Å². The van der Waals surface area contributed by atoms with E-state index >= 15 is 0 Å². The van der Waals surface area contributed by atoms with Crippen molar-refractivity contribution in [2.45, 2.75) is 38.9 Å². The van der Waals surface area contributed by atoms with Gasteiger partial charge < -0.3 is 5.32 Å². The average Bonchev–Trinajstić information content (AvgIpc) is 3.42. The molecule has 0 aromatic heterocycles. The van der Waals surface area contributed by atoms with Gasteiger partial charge in [0.2, 0.25) is 0 Å². The van der Waals surface area contributed by atoms with Crippen LogP contribution in [0.4, 0.5) is 45.5 Å². The molecule has 2 aliphatic rings. The van der Waals surface area contributed by atoms with Crippen LogP contribution >= 0.6 is 0 Å². The molecule has 3 aromatic rings. The number of hydrogen-bond donors (Lipinski definition) is 1. The van der Waals surface area contributed by atoms with Gasteiger partial charge in [0, 0.05) is 24.7 Å². The number of hydrogen-bond acceptors (Lipinski definition) is 4. The quantitative estimate of drug-likeness (QED) is 0.340. The zero-order valence-electron chi connectivity index (χ0n) is 23.4. The summed E-state index contributed by atoms with van der Waals surface area (Å²) in [7, 11) is 0. The van der Waals surface area contributed by atoms with Crippen molar-refractivity contribution in [3.8, 4) is 0 Å². The Hall–Kier alpha value is -4.38. The Bertz CT molecular complexity index is 1460. The van der Waals surface area contributed by atoms with E-state index < -0.39 is 23.8 Å². The van der Waals surface area contributed by atoms with Crippen molar-refractivity contribution in [1.82, 2.24) is 10.2 Å². The van der Waals surface area contributed by atoms with Crippen LogP contribution in [0.2, 0.25) is 0 Å². The van der Waals surface area contributed by atoms with Gasteiger partial charge in [0.1, 0.15) is 0 Å². The molecule has 2 aliphatic heterocycles. The molecule has 0 saturated carbocycles. The average molecular weight is 580 g/mol. The maximum Gasteiger partial charge on any atom is 0.416 e. The number of nitrogens with one attached hydrogen (secondary N) is 1. The predicted molar refractivity (Wildman–Crippen MR) is 155 cm³/mol. The second-order valence-electron chi connectivity index (χ2n) is 10.2. The van der Waals surface area contributed by atoms with Crippen LogP contribution in [0.1, 0.15) is 42.6 Å². The molecule has 220 valence electrons. The summed E-state index contributed by atoms with van der Waals surface area (Å²) in [6.07, 6.45) is -2.54. The highest BCUT2D eigenvalue weighted by Gasteiger charge is 2.41. The number of carbonyl (C=O) groups excluding carboxylic acids is 3. The van der Waals surface area contributed by atoms with E-state index in [1.54, 1.807) is 37.3 Å². The molecular formula is C31H32F3N5O3. The van der Waals surface area contributed by atoms with Gasteiger partial charge in [-0.05, 0) is 87.5 Å². The molecule has 3 aromatic carbocycles. The number of amides is 5. The first kappa shape index (κ1) is 29.1. The van der Waals surface area contributed by atoms with Gasteiger partial charge in [-0.15, -0.1) is 0 Å². The molecule has 11 heteroatoms. The van der Waals surface area contributed by atoms with Crippen LogP contribution in [-0.2, 0) is 6.18 Å². The monoisotopic (exact) mass is 579 g/mol. The number of imide groups is 1. The lowest BCUT2D eigenvalue weighted by Gasteiger charge is -2.27. The summed E-state index contributed by atoms with van der Waals surface area (Å²) < 4.78 is 41.2. The van der Waals surface area contributed by atoms with E-state index in [0.717, 1.165) is 47.9 Å². The van der Waals surface area contributed by atoms with Crippen molar-refractivity contribution in [3.05, 3.63) is 83.9 Å². The van der Waals surface area contributed by atoms with Crippen LogP contribution < -0.4 is 20.0 Å². The fourth-order valence-corrected chi connectivity index (χ4v) is 5.59. The predicted octanol–water partition coefficient (Wildman–Crippen LogP) is 6.64. The summed E-state index contributed by atoms with van der Waals surface area (Å²) in [4.78, 5) is 46.4. The first-order chi connectivity index (χ1) is 20.1. The van der Waals surface area contributed by atoms with Crippen LogP contribution in [0.5, 0.6) is 0 Å². The van der Waals surface area contributed by atoms with Crippen LogP contribution in [0.3, 0.4) is 0 Å². The molecule has 0 radical (unpaired) electrons. The lowest BCUT2D eigenvalue weighted by atomic mass is 10.1. The molecule has 2 heterocycles. The normalized spacial score (nSPS) is 17.8. The number of benzene rings is 3. The third-order valence-electron chi connectivity index (χ3n) is 7.76. The van der Waals surface area contributed by atoms with Crippen LogP contribution in [-0.4, -0.2) is 55.1 Å². The van der Waals surface area contributed by atoms with Crippen molar-refractivity contribution in [1.29, 1.82) is 0 Å². The van der Waals surface area contributed by atoms with E-state index in [0.29, 0.717) is 17.8 Å². The van der Waals surface area contributed by atoms with Crippen molar-refractivity contribution < 1.29 is 27.6 Å². The molecule has 1 saturated heterocycles. The van der Waals surface area contributed by atoms with Crippen molar-refractivity contribution >= 4 is 40.7 Å². The highest BCUT2D eigenvalue weighted by Crippen LogP contribution is 2.43. The number of anilines is 4. The molecule has 1 N–H and O–H groups in total. The summed E-state index contributed by atoms with van der Waals surface area (Å²) in [5, 5.41) is 2.97. The van der Waals surface area contributed by atoms with E-state index in [9.17, 15) is 27.6 Å². The number of halogens is 3. The number of urea groups is 2. The van der Waals surface area contributed by atoms with Gasteiger partial charge in [-0.25, -0.2) is 14.5 Å². The number of para-hydroxylation sites is 1. The highest BCUT2D eigenvalue weighted by molar-refractivity contribution is 6.28. The topological polar surface area (TPSA) is 76.2 Å². The van der Waals surface area contributed by atoms with Gasteiger partial charge in [-0.3, -0.25) is 19.5 Å². The minimum atomic E-state index is -4.66. The number of carbonyl (C=O) groups is 3. The lowest BCUT2D eigenvalue weighted by Crippen LogP contribution is -2.48. The van der Waals surface area contributed by atoms with E-state index in [4.69, 9.17) is 0 Å². The standard InChI is InChI=1S/C31H32F3N5O3/c1-3-36-18-8-11-25(36)20-35-28(40)21-12-15-24(16-13-21)39-29(41)37(4-2)26-17-14-22(31(32,33)34)19-27(26)38(30(39)42)23-9-6-5-7-10-23/h5-7,9-10,12-17,19,25H,3-4,8,11,18,20H2,1-2H3,(H,35,40)/t25-/m1/s1. The molecule has 1 atom stereocenters. The first-order valence-corrected chi connectivity index (χ1v) is 14.0. The summed E-state index contributed by atoms with van der Waals surface area (Å²) in [5.74, 6) is -0.272. The van der Waals surface area contributed by atoms with Gasteiger partial charge in [0.15, 0.2) is 0 Å². The zero-order chi connectivity index (χ0) is 30.0. The molecule has 5 rings (SSSR count). The molecular weight excluding hydrogens is 547 g/mol. The number of fused-ring (bicyclic) bond motifs is 1. The second kappa shape index (κ2) is 11.8. The van der Waals surface area contributed by atoms with Gasteiger partial charge >= 0.3 is 18.2 Å². The maximum atomic E-state index is 14.1. The minimum Gasteiger partial charge on any atom is -0.350 e. The van der Waals surface area contributed by atoms with Gasteiger partial charge in [-0.1, -0.05) is 25.1 Å². The third-order valence-corrected chi connectivity index (χ3v) is 7.76. The summed E-state index contributed by atoms with van der Waals surface area (Å²) >= 11 is 0. The van der Waals surface area contributed by atoms with Crippen molar-refractivity contribution in [2.24, 2.45) is 0 Å². The van der Waals surface area contributed by atoms with E-state index in [-0.39, 0.29) is 35.6 Å². The van der Waals surface area contributed by atoms with Gasteiger partial charge in [0.25, 0.3) is 5.91 Å². The van der Waals surface area contributed by atoms with Crippen LogP contribution in [0.15, 0.2) is 72.8 Å². The lowest BCUT2D eigenvalue weighted by molar-refractivity contribution is -0.137. The Labute approximate surface area is 242 Å². The maximum absolute atomic E-state index is 14.1. The van der Waals surface area contributed by atoms with E-state index in [2.05, 4.69) is 17.1 Å². The smallest absolute Gasteiger partial charge is 0.350 e. The Morgan fingerprint density at radius 2 is 1.55 bits per heavy atom. The second-order valence-corrected chi connectivity index (χ2v) is 10.2. The molecule has 8 nitrogen and oxygen atoms in total. The number of likely N-dealkylation sites (N-methyl/N-ethyl adjacent to an activating group) is 1. The Balaban J connectivity index is 1.49. The fraction of sp³-hybridized carbons (Fsp3) is 0.323. The SMILES string of the molecule is CCN1C(=O)N(c2ccc(C(=O)NC[C@H]3CCCN3CC)cc2)C(=O)N(c2ccccc2)c2cc(C(F)(F)F)ccc21. The van der Waals surface area contributed by atoms with E-state index in [1.807, 2.05) is 0 Å². The summed E-state index contributed by atoms with van der Waals surface area (Å²) in [6.45, 7) is 6.32. The van der Waals surface area contributed by atoms with Crippen molar-refractivity contribution in [3.63, 3.8) is 0 Å². The molecule has 0 unspecified atom stereocenters. The van der Waals surface area contributed by atoms with Gasteiger partial charge in [0.05, 0.1) is 28.3 Å². The first-order valence-electron chi connectivity index (χ1n) is 14.0. The Kier molecular flexibility index (Phi) is 8.22. The number of alkyl halides is 3. The summed E-state index contributed by atoms with van der Waals surface area (Å²) in [6, 6.07) is 16.0. The molecule has 0 spiro atoms. The number of rotatable bonds is 7. The van der Waals surface area contributed by atoms with E-state index in [1.165, 1.54) is 35.2 Å². The highest BCUT2D eigenvalue weighted by atomic mass is 19.4. The molecule has 0 bridgehead atoms. The largest absolute Gasteiger partial charge is 0.416 e. The Morgan fingerprint density at radius 1 is 0.857 bits per heavy atom. The molecule has 42 heavy (non-hydrogen) atoms. The molecule has 1 fully saturated rings. The van der Waals surface area contributed by atoms with Gasteiger partial charge in [-0.2, -0.15) is 13.2 Å². The fourth-order valence-electron chi connectivity index (χ4n) is 5.59. The minimum absolute atomic E-state index is 0.0669. The number of likely N-dealkylation sites (tertiary alicyclic amines) is 1. The van der Waals surface area contributed by atoms with Crippen LogP contribution in [0, 0.1) is 0 Å². The number of nitrogens with zero attached hydrogens (tertiary/aromatic N) is 4.